The lowest BCUT2D eigenvalue weighted by Crippen LogP contribution is -2.37. The number of hydrogen-bond donors (Lipinski definition) is 2. The molecule has 0 aliphatic heterocycles. The molecule has 28 heavy (non-hydrogen) atoms. The van der Waals surface area contributed by atoms with E-state index < -0.39 is 12.5 Å². The molecule has 0 aromatic heterocycles. The van der Waals surface area contributed by atoms with Crippen LogP contribution in [0.25, 0.3) is 23.3 Å². The second-order valence-corrected chi connectivity index (χ2v) is 7.61. The molecule has 1 atom stereocenters. The van der Waals surface area contributed by atoms with Gasteiger partial charge in [0.2, 0.25) is 0 Å². The second kappa shape index (κ2) is 5.45. The molecule has 2 nitrogen and oxygen atoms in total. The second-order valence-electron chi connectivity index (χ2n) is 7.61. The maximum atomic E-state index is 10.3. The molecule has 1 spiro atoms. The zero-order valence-corrected chi connectivity index (χ0v) is 15.1. The summed E-state index contributed by atoms with van der Waals surface area (Å²) in [6.45, 7) is 0. The average Bonchev–Trinajstić information content (AvgIpc) is 3.28. The molecule has 0 saturated carbocycles. The molecule has 3 heteroatoms. The van der Waals surface area contributed by atoms with Gasteiger partial charge in [-0.15, -0.1) is 0 Å². The Morgan fingerprint density at radius 1 is 0.679 bits per heavy atom. The largest absolute Gasteiger partial charge is 0.485 e. The van der Waals surface area contributed by atoms with E-state index in [1.54, 1.807) is 0 Å². The number of rotatable bonds is 1. The molecule has 0 fully saturated rings. The molecule has 2 N–H and O–H groups in total. The fraction of sp³-hybridized carbons (Fsp3) is 0.0400. The van der Waals surface area contributed by atoms with Crippen LogP contribution in [-0.2, 0) is 0 Å². The minimum Gasteiger partial charge on any atom is -0.423 e. The third-order valence-corrected chi connectivity index (χ3v) is 6.30. The zero-order valence-electron chi connectivity index (χ0n) is 15.1. The molecule has 0 amide bonds. The van der Waals surface area contributed by atoms with Crippen LogP contribution in [0.2, 0.25) is 0 Å². The van der Waals surface area contributed by atoms with Gasteiger partial charge in [0.15, 0.2) is 0 Å². The SMILES string of the molecule is OB(O)C1=CC=C2C(=Cc3ccccc32)C12C=CC=C1C2=Cc2ccccc21. The van der Waals surface area contributed by atoms with Crippen molar-refractivity contribution in [2.24, 2.45) is 5.41 Å². The van der Waals surface area contributed by atoms with Gasteiger partial charge in [-0.1, -0.05) is 78.9 Å². The summed E-state index contributed by atoms with van der Waals surface area (Å²) in [6.07, 6.45) is 14.6. The zero-order chi connectivity index (χ0) is 18.9. The van der Waals surface area contributed by atoms with Crippen LogP contribution >= 0.6 is 0 Å². The van der Waals surface area contributed by atoms with E-state index in [4.69, 9.17) is 0 Å². The van der Waals surface area contributed by atoms with Gasteiger partial charge in [-0.25, -0.2) is 0 Å². The first-order valence-corrected chi connectivity index (χ1v) is 9.52. The van der Waals surface area contributed by atoms with E-state index in [1.807, 2.05) is 24.3 Å². The van der Waals surface area contributed by atoms with Gasteiger partial charge in [0.05, 0.1) is 5.41 Å². The Bertz CT molecular complexity index is 1210. The van der Waals surface area contributed by atoms with Crippen molar-refractivity contribution < 1.29 is 10.0 Å². The summed E-state index contributed by atoms with van der Waals surface area (Å²) in [5.74, 6) is 0. The summed E-state index contributed by atoms with van der Waals surface area (Å²) in [5.41, 5.74) is 9.18. The van der Waals surface area contributed by atoms with Gasteiger partial charge in [0, 0.05) is 0 Å². The summed E-state index contributed by atoms with van der Waals surface area (Å²) in [6, 6.07) is 16.7. The standard InChI is InChI=1S/C25H17BO2/c27-26(28)24-12-11-21-19-9-4-2-7-17(19)15-23(21)25(24)13-5-10-20-18-8-3-1-6-16(18)14-22(20)25/h1-15,27-28H. The molecule has 0 bridgehead atoms. The van der Waals surface area contributed by atoms with Crippen molar-refractivity contribution in [3.63, 3.8) is 0 Å². The number of hydrogen-bond acceptors (Lipinski definition) is 2. The van der Waals surface area contributed by atoms with Gasteiger partial charge in [0.25, 0.3) is 0 Å². The van der Waals surface area contributed by atoms with Crippen LogP contribution in [0.5, 0.6) is 0 Å². The molecular formula is C25H17BO2. The van der Waals surface area contributed by atoms with Gasteiger partial charge >= 0.3 is 7.12 Å². The summed E-state index contributed by atoms with van der Waals surface area (Å²) < 4.78 is 0. The van der Waals surface area contributed by atoms with Gasteiger partial charge in [-0.2, -0.15) is 0 Å². The molecule has 6 rings (SSSR count). The third-order valence-electron chi connectivity index (χ3n) is 6.30. The van der Waals surface area contributed by atoms with Crippen molar-refractivity contribution >= 4 is 30.4 Å². The Morgan fingerprint density at radius 3 is 1.86 bits per heavy atom. The highest BCUT2D eigenvalue weighted by Gasteiger charge is 2.50. The fourth-order valence-electron chi connectivity index (χ4n) is 5.12. The summed E-state index contributed by atoms with van der Waals surface area (Å²) in [5, 5.41) is 20.6. The average molecular weight is 360 g/mol. The highest BCUT2D eigenvalue weighted by atomic mass is 16.4. The monoisotopic (exact) mass is 360 g/mol. The van der Waals surface area contributed by atoms with Crippen molar-refractivity contribution in [2.75, 3.05) is 0 Å². The summed E-state index contributed by atoms with van der Waals surface area (Å²) in [7, 11) is -1.53. The minimum absolute atomic E-state index is 0.594. The van der Waals surface area contributed by atoms with Crippen LogP contribution in [0, 0.1) is 5.41 Å². The maximum Gasteiger partial charge on any atom is 0.485 e. The first kappa shape index (κ1) is 15.9. The molecule has 4 aliphatic carbocycles. The Kier molecular flexibility index (Phi) is 3.09. The Labute approximate surface area is 164 Å². The van der Waals surface area contributed by atoms with Gasteiger partial charge < -0.3 is 10.0 Å². The molecule has 2 aromatic carbocycles. The summed E-state index contributed by atoms with van der Waals surface area (Å²) in [4.78, 5) is 0. The molecular weight excluding hydrogens is 343 g/mol. The molecule has 4 aliphatic rings. The van der Waals surface area contributed by atoms with E-state index in [1.165, 1.54) is 22.3 Å². The first-order chi connectivity index (χ1) is 13.7. The lowest BCUT2D eigenvalue weighted by atomic mass is 9.52. The van der Waals surface area contributed by atoms with E-state index in [0.29, 0.717) is 5.47 Å². The van der Waals surface area contributed by atoms with Crippen molar-refractivity contribution in [1.82, 2.24) is 0 Å². The van der Waals surface area contributed by atoms with Crippen molar-refractivity contribution in [3.8, 4) is 0 Å². The topological polar surface area (TPSA) is 40.5 Å². The summed E-state index contributed by atoms with van der Waals surface area (Å²) >= 11 is 0. The van der Waals surface area contributed by atoms with E-state index in [0.717, 1.165) is 22.3 Å². The van der Waals surface area contributed by atoms with Crippen LogP contribution in [-0.4, -0.2) is 17.2 Å². The van der Waals surface area contributed by atoms with Crippen LogP contribution in [0.1, 0.15) is 22.3 Å². The van der Waals surface area contributed by atoms with Gasteiger partial charge in [0.1, 0.15) is 0 Å². The quantitative estimate of drug-likeness (QED) is 0.738. The molecule has 2 aromatic rings. The predicted molar refractivity (Wildman–Crippen MR) is 115 cm³/mol. The van der Waals surface area contributed by atoms with Crippen molar-refractivity contribution in [3.05, 3.63) is 118 Å². The third kappa shape index (κ3) is 1.85. The van der Waals surface area contributed by atoms with E-state index in [2.05, 4.69) is 66.8 Å². The predicted octanol–water partition coefficient (Wildman–Crippen LogP) is 4.46. The molecule has 0 radical (unpaired) electrons. The molecule has 0 saturated heterocycles. The maximum absolute atomic E-state index is 10.3. The highest BCUT2D eigenvalue weighted by Crippen LogP contribution is 2.61. The van der Waals surface area contributed by atoms with Crippen LogP contribution in [0.15, 0.2) is 95.5 Å². The first-order valence-electron chi connectivity index (χ1n) is 9.52. The number of fused-ring (bicyclic) bond motifs is 8. The van der Waals surface area contributed by atoms with Crippen molar-refractivity contribution in [2.45, 2.75) is 0 Å². The van der Waals surface area contributed by atoms with E-state index >= 15 is 0 Å². The van der Waals surface area contributed by atoms with Crippen molar-refractivity contribution in [1.29, 1.82) is 0 Å². The van der Waals surface area contributed by atoms with E-state index in [-0.39, 0.29) is 0 Å². The van der Waals surface area contributed by atoms with E-state index in [9.17, 15) is 10.0 Å². The minimum atomic E-state index is -1.53. The number of benzene rings is 2. The number of allylic oxidation sites excluding steroid dienone is 10. The lowest BCUT2D eigenvalue weighted by molar-refractivity contribution is 0.409. The molecule has 1 unspecified atom stereocenters. The molecule has 132 valence electrons. The normalized spacial score (nSPS) is 23.0. The van der Waals surface area contributed by atoms with Crippen LogP contribution in [0.3, 0.4) is 0 Å². The molecule has 0 heterocycles. The Hall–Kier alpha value is -3.14. The lowest BCUT2D eigenvalue weighted by Gasteiger charge is -2.41. The van der Waals surface area contributed by atoms with Gasteiger partial charge in [-0.3, -0.25) is 0 Å². The fourth-order valence-corrected chi connectivity index (χ4v) is 5.12. The van der Waals surface area contributed by atoms with Crippen LogP contribution < -0.4 is 0 Å². The highest BCUT2D eigenvalue weighted by molar-refractivity contribution is 6.52. The Balaban J connectivity index is 1.65. The Morgan fingerprint density at radius 2 is 1.25 bits per heavy atom. The smallest absolute Gasteiger partial charge is 0.423 e. The van der Waals surface area contributed by atoms with Gasteiger partial charge in [-0.05, 0) is 62.2 Å². The van der Waals surface area contributed by atoms with Crippen LogP contribution in [0.4, 0.5) is 0 Å².